The van der Waals surface area contributed by atoms with Crippen molar-refractivity contribution in [2.45, 2.75) is 6.54 Å². The molecule has 0 amide bonds. The van der Waals surface area contributed by atoms with Crippen LogP contribution in [0.3, 0.4) is 0 Å². The Morgan fingerprint density at radius 2 is 2.06 bits per heavy atom. The number of carbonyl (C=O) groups is 1. The quantitative estimate of drug-likeness (QED) is 0.756. The maximum atomic E-state index is 12.1. The maximum Gasteiger partial charge on any atom is 0.196 e. The van der Waals surface area contributed by atoms with Crippen LogP contribution in [0.2, 0.25) is 0 Å². The van der Waals surface area contributed by atoms with Gasteiger partial charge in [0.15, 0.2) is 5.78 Å². The van der Waals surface area contributed by atoms with Crippen LogP contribution in [-0.4, -0.2) is 15.8 Å². The van der Waals surface area contributed by atoms with E-state index in [1.165, 1.54) is 0 Å². The molecule has 2 heterocycles. The van der Waals surface area contributed by atoms with Gasteiger partial charge in [0.25, 0.3) is 0 Å². The molecule has 2 rings (SSSR count). The van der Waals surface area contributed by atoms with E-state index in [0.717, 1.165) is 0 Å². The summed E-state index contributed by atoms with van der Waals surface area (Å²) in [7, 11) is 0. The highest BCUT2D eigenvalue weighted by Crippen LogP contribution is 2.14. The van der Waals surface area contributed by atoms with Crippen molar-refractivity contribution < 1.29 is 4.79 Å². The topological polar surface area (TPSA) is 94.9 Å². The molecule has 0 saturated carbocycles. The molecule has 0 unspecified atom stereocenters. The first kappa shape index (κ1) is 11.2. The third-order valence-corrected chi connectivity index (χ3v) is 2.37. The molecule has 5 heteroatoms. The number of aromatic nitrogens is 2. The molecule has 17 heavy (non-hydrogen) atoms. The number of hydrogen-bond donors (Lipinski definition) is 2. The van der Waals surface area contributed by atoms with E-state index in [1.807, 2.05) is 0 Å². The molecule has 86 valence electrons. The van der Waals surface area contributed by atoms with Gasteiger partial charge in [-0.1, -0.05) is 0 Å². The van der Waals surface area contributed by atoms with Crippen molar-refractivity contribution in [1.29, 1.82) is 0 Å². The Hall–Kier alpha value is -2.27. The highest BCUT2D eigenvalue weighted by atomic mass is 16.1. The van der Waals surface area contributed by atoms with Crippen molar-refractivity contribution in [2.75, 3.05) is 5.73 Å². The van der Waals surface area contributed by atoms with Gasteiger partial charge in [0.05, 0.1) is 11.3 Å². The normalized spacial score (nSPS) is 10.2. The number of pyridine rings is 2. The predicted molar refractivity (Wildman–Crippen MR) is 64.2 cm³/mol. The van der Waals surface area contributed by atoms with Gasteiger partial charge >= 0.3 is 0 Å². The summed E-state index contributed by atoms with van der Waals surface area (Å²) in [6.07, 6.45) is 3.10. The summed E-state index contributed by atoms with van der Waals surface area (Å²) in [5, 5.41) is 0. The number of nitrogens with two attached hydrogens (primary N) is 2. The summed E-state index contributed by atoms with van der Waals surface area (Å²) in [5.74, 6) is 0.0521. The molecule has 2 aromatic heterocycles. The van der Waals surface area contributed by atoms with Crippen LogP contribution < -0.4 is 11.5 Å². The zero-order valence-corrected chi connectivity index (χ0v) is 9.13. The molecule has 0 atom stereocenters. The van der Waals surface area contributed by atoms with E-state index < -0.39 is 0 Å². The molecule has 5 nitrogen and oxygen atoms in total. The lowest BCUT2D eigenvalue weighted by atomic mass is 10.0. The minimum Gasteiger partial charge on any atom is -0.383 e. The molecule has 2 aromatic rings. The lowest BCUT2D eigenvalue weighted by Crippen LogP contribution is -2.08. The smallest absolute Gasteiger partial charge is 0.196 e. The van der Waals surface area contributed by atoms with Crippen molar-refractivity contribution in [1.82, 2.24) is 9.97 Å². The van der Waals surface area contributed by atoms with E-state index in [4.69, 9.17) is 11.5 Å². The van der Waals surface area contributed by atoms with Gasteiger partial charge < -0.3 is 11.5 Å². The molecule has 0 aromatic carbocycles. The lowest BCUT2D eigenvalue weighted by Gasteiger charge is -2.04. The predicted octanol–water partition coefficient (Wildman–Crippen LogP) is 0.748. The van der Waals surface area contributed by atoms with Crippen molar-refractivity contribution in [3.63, 3.8) is 0 Å². The Morgan fingerprint density at radius 1 is 1.24 bits per heavy atom. The van der Waals surface area contributed by atoms with E-state index in [9.17, 15) is 4.79 Å². The molecule has 0 aliphatic carbocycles. The fourth-order valence-electron chi connectivity index (χ4n) is 1.50. The molecule has 0 radical (unpaired) electrons. The standard InChI is InChI=1S/C12H12N4O/c13-7-9-6-8(3-5-15-9)11(17)10-2-1-4-16-12(10)14/h1-6H,7,13H2,(H2,14,16). The Kier molecular flexibility index (Phi) is 3.11. The van der Waals surface area contributed by atoms with Crippen LogP contribution in [-0.2, 0) is 6.54 Å². The maximum absolute atomic E-state index is 12.1. The van der Waals surface area contributed by atoms with Gasteiger partial charge in [0, 0.05) is 24.5 Å². The zero-order chi connectivity index (χ0) is 12.3. The average Bonchev–Trinajstić information content (AvgIpc) is 2.38. The van der Waals surface area contributed by atoms with E-state index in [0.29, 0.717) is 23.4 Å². The van der Waals surface area contributed by atoms with Gasteiger partial charge in [0.2, 0.25) is 0 Å². The number of anilines is 1. The number of ketones is 1. The number of carbonyl (C=O) groups excluding carboxylic acids is 1. The highest BCUT2D eigenvalue weighted by Gasteiger charge is 2.12. The Bertz CT molecular complexity index is 554. The Morgan fingerprint density at radius 3 is 2.76 bits per heavy atom. The fraction of sp³-hybridized carbons (Fsp3) is 0.0833. The molecular weight excluding hydrogens is 216 g/mol. The van der Waals surface area contributed by atoms with Gasteiger partial charge in [-0.25, -0.2) is 4.98 Å². The van der Waals surface area contributed by atoms with Gasteiger partial charge in [-0.15, -0.1) is 0 Å². The van der Waals surface area contributed by atoms with Crippen molar-refractivity contribution in [2.24, 2.45) is 5.73 Å². The molecule has 0 saturated heterocycles. The molecule has 4 N–H and O–H groups in total. The van der Waals surface area contributed by atoms with Gasteiger partial charge in [-0.2, -0.15) is 0 Å². The van der Waals surface area contributed by atoms with Crippen molar-refractivity contribution in [3.8, 4) is 0 Å². The molecule has 0 aliphatic rings. The largest absolute Gasteiger partial charge is 0.383 e. The fourth-order valence-corrected chi connectivity index (χ4v) is 1.50. The first-order valence-electron chi connectivity index (χ1n) is 5.12. The molecule has 0 aliphatic heterocycles. The van der Waals surface area contributed by atoms with E-state index in [1.54, 1.807) is 36.7 Å². The van der Waals surface area contributed by atoms with Crippen LogP contribution in [0, 0.1) is 0 Å². The molecular formula is C12H12N4O. The van der Waals surface area contributed by atoms with Gasteiger partial charge in [-0.3, -0.25) is 9.78 Å². The molecule has 0 bridgehead atoms. The third-order valence-electron chi connectivity index (χ3n) is 2.37. The highest BCUT2D eigenvalue weighted by molar-refractivity contribution is 6.11. The van der Waals surface area contributed by atoms with Crippen LogP contribution >= 0.6 is 0 Å². The molecule has 0 fully saturated rings. The Balaban J connectivity index is 2.40. The van der Waals surface area contributed by atoms with Gasteiger partial charge in [0.1, 0.15) is 5.82 Å². The average molecular weight is 228 g/mol. The van der Waals surface area contributed by atoms with E-state index in [2.05, 4.69) is 9.97 Å². The second-order valence-electron chi connectivity index (χ2n) is 3.51. The summed E-state index contributed by atoms with van der Waals surface area (Å²) in [4.78, 5) is 20.1. The van der Waals surface area contributed by atoms with E-state index >= 15 is 0 Å². The number of hydrogen-bond acceptors (Lipinski definition) is 5. The van der Waals surface area contributed by atoms with Crippen LogP contribution in [0.4, 0.5) is 5.82 Å². The number of nitrogen functional groups attached to an aromatic ring is 1. The third kappa shape index (κ3) is 2.29. The second-order valence-corrected chi connectivity index (χ2v) is 3.51. The summed E-state index contributed by atoms with van der Waals surface area (Å²) >= 11 is 0. The van der Waals surface area contributed by atoms with Crippen LogP contribution in [0.15, 0.2) is 36.7 Å². The van der Waals surface area contributed by atoms with Crippen molar-refractivity contribution in [3.05, 3.63) is 53.5 Å². The molecule has 0 spiro atoms. The van der Waals surface area contributed by atoms with E-state index in [-0.39, 0.29) is 11.6 Å². The number of rotatable bonds is 3. The van der Waals surface area contributed by atoms with Crippen LogP contribution in [0.5, 0.6) is 0 Å². The monoisotopic (exact) mass is 228 g/mol. The summed E-state index contributed by atoms with van der Waals surface area (Å²) in [5.41, 5.74) is 12.7. The summed E-state index contributed by atoms with van der Waals surface area (Å²) < 4.78 is 0. The number of nitrogens with zero attached hydrogens (tertiary/aromatic N) is 2. The first-order chi connectivity index (χ1) is 8.22. The van der Waals surface area contributed by atoms with Crippen LogP contribution in [0.1, 0.15) is 21.6 Å². The SMILES string of the molecule is NCc1cc(C(=O)c2cccnc2N)ccn1. The van der Waals surface area contributed by atoms with Gasteiger partial charge in [-0.05, 0) is 24.3 Å². The van der Waals surface area contributed by atoms with Crippen molar-refractivity contribution >= 4 is 11.6 Å². The lowest BCUT2D eigenvalue weighted by molar-refractivity contribution is 0.103. The summed E-state index contributed by atoms with van der Waals surface area (Å²) in [6, 6.07) is 6.62. The Labute approximate surface area is 98.5 Å². The summed E-state index contributed by atoms with van der Waals surface area (Å²) in [6.45, 7) is 0.295. The zero-order valence-electron chi connectivity index (χ0n) is 9.13. The second kappa shape index (κ2) is 4.71. The van der Waals surface area contributed by atoms with Crippen LogP contribution in [0.25, 0.3) is 0 Å². The minimum absolute atomic E-state index is 0.173. The first-order valence-corrected chi connectivity index (χ1v) is 5.12. The minimum atomic E-state index is -0.173.